The van der Waals surface area contributed by atoms with Gasteiger partial charge in [-0.15, -0.1) is 0 Å². The van der Waals surface area contributed by atoms with Crippen LogP contribution in [0.15, 0.2) is 73.1 Å². The fourth-order valence-corrected chi connectivity index (χ4v) is 4.74. The van der Waals surface area contributed by atoms with Gasteiger partial charge in [0, 0.05) is 55.0 Å². The number of carbonyl (C=O) groups is 2. The quantitative estimate of drug-likeness (QED) is 0.159. The van der Waals surface area contributed by atoms with Crippen LogP contribution < -0.4 is 9.80 Å². The van der Waals surface area contributed by atoms with Crippen LogP contribution in [0.5, 0.6) is 0 Å². The van der Waals surface area contributed by atoms with Gasteiger partial charge in [-0.1, -0.05) is 23.7 Å². The van der Waals surface area contributed by atoms with Crippen LogP contribution in [0.3, 0.4) is 0 Å². The summed E-state index contributed by atoms with van der Waals surface area (Å²) >= 11 is 0. The van der Waals surface area contributed by atoms with Crippen LogP contribution in [0.2, 0.25) is 0 Å². The second-order valence-electron chi connectivity index (χ2n) is 12.6. The molecule has 6 rings (SSSR count). The Morgan fingerprint density at radius 3 is 1.56 bits per heavy atom. The number of hydrogen-bond acceptors (Lipinski definition) is 6. The molecule has 0 atom stereocenters. The summed E-state index contributed by atoms with van der Waals surface area (Å²) < 4.78 is 63.4. The first-order valence-corrected chi connectivity index (χ1v) is 15.6. The number of benzene rings is 2. The van der Waals surface area contributed by atoms with E-state index in [-0.39, 0.29) is 5.56 Å². The van der Waals surface area contributed by atoms with Gasteiger partial charge >= 0.3 is 12.2 Å². The van der Waals surface area contributed by atoms with Gasteiger partial charge in [0.1, 0.15) is 34.5 Å². The van der Waals surface area contributed by atoms with Gasteiger partial charge in [-0.3, -0.25) is 9.80 Å². The third kappa shape index (κ3) is 9.17. The number of hydrogen-bond donors (Lipinski definition) is 0. The highest BCUT2D eigenvalue weighted by atomic mass is 19.2. The summed E-state index contributed by atoms with van der Waals surface area (Å²) in [5, 5.41) is 0. The summed E-state index contributed by atoms with van der Waals surface area (Å²) in [6.45, 7) is 8.50. The van der Waals surface area contributed by atoms with Crippen LogP contribution in [-0.2, 0) is 9.47 Å². The molecule has 0 saturated carbocycles. The van der Waals surface area contributed by atoms with E-state index in [9.17, 15) is 27.2 Å². The van der Waals surface area contributed by atoms with E-state index in [4.69, 9.17) is 9.47 Å². The molecule has 0 unspecified atom stereocenters. The first-order chi connectivity index (χ1) is 23.7. The van der Waals surface area contributed by atoms with E-state index in [0.29, 0.717) is 54.3 Å². The number of aromatic nitrogens is 2. The Kier molecular flexibility index (Phi) is 10.4. The van der Waals surface area contributed by atoms with E-state index < -0.39 is 46.7 Å². The minimum Gasteiger partial charge on any atom is -0.443 e. The molecule has 4 aromatic rings. The van der Waals surface area contributed by atoms with Crippen molar-refractivity contribution in [3.8, 4) is 23.7 Å². The number of halogens is 4. The highest BCUT2D eigenvalue weighted by Gasteiger charge is 2.35. The van der Waals surface area contributed by atoms with E-state index in [1.165, 1.54) is 28.3 Å². The number of nitrogens with zero attached hydrogens (tertiary/aromatic N) is 4. The van der Waals surface area contributed by atoms with E-state index in [1.807, 2.05) is 27.7 Å². The number of rotatable bonds is 2. The van der Waals surface area contributed by atoms with Crippen molar-refractivity contribution in [2.75, 3.05) is 22.9 Å². The average Bonchev–Trinajstić information content (AvgIpc) is 3.06. The topological polar surface area (TPSA) is 84.9 Å². The fourth-order valence-electron chi connectivity index (χ4n) is 4.74. The minimum atomic E-state index is -0.938. The number of cyclic esters (lactones) is 2. The molecule has 8 nitrogen and oxygen atoms in total. The maximum Gasteiger partial charge on any atom is 0.416 e. The second kappa shape index (κ2) is 14.7. The van der Waals surface area contributed by atoms with Crippen molar-refractivity contribution in [1.82, 2.24) is 9.97 Å². The minimum absolute atomic E-state index is 0.0223. The molecular formula is C38H32F4N4O4. The lowest BCUT2D eigenvalue weighted by Gasteiger charge is -2.35. The molecule has 0 spiro atoms. The third-order valence-corrected chi connectivity index (χ3v) is 7.63. The first-order valence-electron chi connectivity index (χ1n) is 15.6. The number of amides is 2. The SMILES string of the molecule is CC1(C)CCN(c2ccc(C#Cc3cc(F)ccc3F)cn2)C(=O)O1.CC1(C)CCN(c2ccc(C#Cc3ccc(F)c(F)c3)cn2)C(=O)O1. The van der Waals surface area contributed by atoms with Crippen LogP contribution >= 0.6 is 0 Å². The number of carbonyl (C=O) groups excluding carboxylic acids is 2. The zero-order valence-corrected chi connectivity index (χ0v) is 27.7. The molecule has 4 heterocycles. The van der Waals surface area contributed by atoms with Gasteiger partial charge in [0.15, 0.2) is 11.6 Å². The molecule has 12 heteroatoms. The second-order valence-corrected chi connectivity index (χ2v) is 12.6. The molecule has 0 aliphatic carbocycles. The molecule has 2 aromatic heterocycles. The van der Waals surface area contributed by atoms with Gasteiger partial charge in [0.2, 0.25) is 0 Å². The van der Waals surface area contributed by atoms with E-state index in [2.05, 4.69) is 33.6 Å². The van der Waals surface area contributed by atoms with E-state index >= 15 is 0 Å². The summed E-state index contributed by atoms with van der Waals surface area (Å²) in [7, 11) is 0. The Bertz CT molecular complexity index is 2030. The summed E-state index contributed by atoms with van der Waals surface area (Å²) in [4.78, 5) is 35.4. The van der Waals surface area contributed by atoms with Crippen molar-refractivity contribution in [3.63, 3.8) is 0 Å². The summed E-state index contributed by atoms with van der Waals surface area (Å²) in [6.07, 6.45) is 3.54. The molecule has 2 aliphatic heterocycles. The fraction of sp³-hybridized carbons (Fsp3) is 0.263. The highest BCUT2D eigenvalue weighted by molar-refractivity contribution is 5.88. The van der Waals surface area contributed by atoms with Crippen molar-refractivity contribution < 1.29 is 36.6 Å². The third-order valence-electron chi connectivity index (χ3n) is 7.63. The summed E-state index contributed by atoms with van der Waals surface area (Å²) in [5.41, 5.74) is 0.519. The smallest absolute Gasteiger partial charge is 0.416 e. The van der Waals surface area contributed by atoms with Crippen LogP contribution in [0.1, 0.15) is 62.8 Å². The van der Waals surface area contributed by atoms with Crippen molar-refractivity contribution in [1.29, 1.82) is 0 Å². The van der Waals surface area contributed by atoms with Gasteiger partial charge in [-0.2, -0.15) is 0 Å². The maximum absolute atomic E-state index is 13.5. The molecule has 0 N–H and O–H groups in total. The molecule has 2 fully saturated rings. The average molecular weight is 685 g/mol. The van der Waals surface area contributed by atoms with Gasteiger partial charge in [-0.25, -0.2) is 37.1 Å². The Morgan fingerprint density at radius 2 is 1.08 bits per heavy atom. The molecule has 0 radical (unpaired) electrons. The van der Waals surface area contributed by atoms with Gasteiger partial charge in [-0.05, 0) is 88.4 Å². The predicted octanol–water partition coefficient (Wildman–Crippen LogP) is 7.77. The predicted molar refractivity (Wildman–Crippen MR) is 178 cm³/mol. The van der Waals surface area contributed by atoms with Crippen molar-refractivity contribution in [2.24, 2.45) is 0 Å². The molecule has 0 bridgehead atoms. The monoisotopic (exact) mass is 684 g/mol. The molecule has 2 saturated heterocycles. The number of ether oxygens (including phenoxy) is 2. The molecular weight excluding hydrogens is 652 g/mol. The zero-order chi connectivity index (χ0) is 36.1. The molecule has 2 amide bonds. The van der Waals surface area contributed by atoms with Crippen molar-refractivity contribution in [2.45, 2.75) is 51.7 Å². The van der Waals surface area contributed by atoms with Gasteiger partial charge in [0.05, 0.1) is 5.56 Å². The summed E-state index contributed by atoms with van der Waals surface area (Å²) in [5.74, 6) is 8.84. The Balaban J connectivity index is 0.000000194. The van der Waals surface area contributed by atoms with Gasteiger partial charge in [0.25, 0.3) is 0 Å². The van der Waals surface area contributed by atoms with Crippen LogP contribution in [0, 0.1) is 47.0 Å². The number of pyridine rings is 2. The van der Waals surface area contributed by atoms with Crippen molar-refractivity contribution in [3.05, 3.63) is 119 Å². The standard InChI is InChI=1S/2C19H16F2N2O2/c1-19(2)9-10-23(18(24)25-19)17-8-4-13(12-22-17)3-5-14-11-15(20)6-7-16(14)21;1-19(2)9-10-23(18(24)25-19)17-8-6-14(12-22-17)4-3-13-5-7-15(20)16(21)11-13/h4,6-8,11-12H,9-10H2,1-2H3;5-8,11-12H,9-10H2,1-2H3. The lowest BCUT2D eigenvalue weighted by atomic mass is 10.0. The van der Waals surface area contributed by atoms with E-state index in [0.717, 1.165) is 30.3 Å². The zero-order valence-electron chi connectivity index (χ0n) is 27.7. The van der Waals surface area contributed by atoms with Crippen LogP contribution in [-0.4, -0.2) is 46.4 Å². The Labute approximate surface area is 287 Å². The van der Waals surface area contributed by atoms with Crippen LogP contribution in [0.25, 0.3) is 0 Å². The number of anilines is 2. The lowest BCUT2D eigenvalue weighted by molar-refractivity contribution is 0.0225. The molecule has 256 valence electrons. The van der Waals surface area contributed by atoms with Gasteiger partial charge < -0.3 is 9.47 Å². The Hall–Kier alpha value is -5.88. The normalized spacial score (nSPS) is 16.0. The van der Waals surface area contributed by atoms with Crippen LogP contribution in [0.4, 0.5) is 38.8 Å². The highest BCUT2D eigenvalue weighted by Crippen LogP contribution is 2.27. The molecule has 50 heavy (non-hydrogen) atoms. The Morgan fingerprint density at radius 1 is 0.600 bits per heavy atom. The van der Waals surface area contributed by atoms with Crippen molar-refractivity contribution >= 4 is 23.8 Å². The molecule has 2 aliphatic rings. The summed E-state index contributed by atoms with van der Waals surface area (Å²) in [6, 6.07) is 13.3. The lowest BCUT2D eigenvalue weighted by Crippen LogP contribution is -2.47. The molecule has 2 aromatic carbocycles. The maximum atomic E-state index is 13.5. The van der Waals surface area contributed by atoms with E-state index in [1.54, 1.807) is 24.3 Å². The largest absolute Gasteiger partial charge is 0.443 e. The first kappa shape index (κ1) is 35.4.